The van der Waals surface area contributed by atoms with Crippen LogP contribution >= 0.6 is 11.3 Å². The highest BCUT2D eigenvalue weighted by Gasteiger charge is 2.32. The lowest BCUT2D eigenvalue weighted by molar-refractivity contribution is -0.142. The Bertz CT molecular complexity index is 615. The second-order valence-corrected chi connectivity index (χ2v) is 5.75. The zero-order chi connectivity index (χ0) is 14.2. The molecule has 0 atom stereocenters. The molecule has 0 saturated heterocycles. The van der Waals surface area contributed by atoms with Crippen LogP contribution in [0.4, 0.5) is 10.8 Å². The van der Waals surface area contributed by atoms with Crippen molar-refractivity contribution in [1.82, 2.24) is 14.8 Å². The standard InChI is InChI=1S/C12H16N4O2S/c1-7-8(5-16(4)15-7)13-11-14-9(6-19-11)12(2,3)10(17)18/h5-6H,1-4H3,(H,13,14)(H,17,18). The number of thiazole rings is 1. The number of rotatable bonds is 4. The van der Waals surface area contributed by atoms with Gasteiger partial charge in [0.15, 0.2) is 5.13 Å². The average Bonchev–Trinajstić information content (AvgIpc) is 2.87. The average molecular weight is 280 g/mol. The van der Waals surface area contributed by atoms with Crippen molar-refractivity contribution < 1.29 is 9.90 Å². The summed E-state index contributed by atoms with van der Waals surface area (Å²) in [5.74, 6) is -0.887. The minimum Gasteiger partial charge on any atom is -0.481 e. The molecule has 6 nitrogen and oxygen atoms in total. The molecule has 0 bridgehead atoms. The minimum atomic E-state index is -0.986. The smallest absolute Gasteiger partial charge is 0.315 e. The lowest BCUT2D eigenvalue weighted by atomic mass is 9.90. The highest BCUT2D eigenvalue weighted by Crippen LogP contribution is 2.29. The lowest BCUT2D eigenvalue weighted by Crippen LogP contribution is -2.28. The molecule has 0 radical (unpaired) electrons. The fourth-order valence-corrected chi connectivity index (χ4v) is 2.46. The number of carboxylic acids is 1. The predicted octanol–water partition coefficient (Wildman–Crippen LogP) is 2.29. The first-order chi connectivity index (χ1) is 8.80. The van der Waals surface area contributed by atoms with Gasteiger partial charge in [0.2, 0.25) is 0 Å². The zero-order valence-electron chi connectivity index (χ0n) is 11.3. The van der Waals surface area contributed by atoms with Crippen molar-refractivity contribution in [2.24, 2.45) is 7.05 Å². The number of carboxylic acid groups (broad SMARTS) is 1. The number of carbonyl (C=O) groups is 1. The Balaban J connectivity index is 2.23. The molecule has 7 heteroatoms. The Morgan fingerprint density at radius 1 is 1.53 bits per heavy atom. The molecule has 2 rings (SSSR count). The van der Waals surface area contributed by atoms with Crippen LogP contribution in [0.5, 0.6) is 0 Å². The van der Waals surface area contributed by atoms with Crippen molar-refractivity contribution in [2.45, 2.75) is 26.2 Å². The van der Waals surface area contributed by atoms with E-state index in [9.17, 15) is 9.90 Å². The molecule has 0 amide bonds. The van der Waals surface area contributed by atoms with Gasteiger partial charge >= 0.3 is 5.97 Å². The summed E-state index contributed by atoms with van der Waals surface area (Å²) < 4.78 is 1.72. The number of hydrogen-bond donors (Lipinski definition) is 2. The number of nitrogens with one attached hydrogen (secondary N) is 1. The van der Waals surface area contributed by atoms with Gasteiger partial charge in [0.05, 0.1) is 17.1 Å². The molecule has 0 aliphatic carbocycles. The zero-order valence-corrected chi connectivity index (χ0v) is 12.1. The van der Waals surface area contributed by atoms with Crippen LogP contribution in [0.2, 0.25) is 0 Å². The number of aromatic nitrogens is 3. The molecule has 2 heterocycles. The van der Waals surface area contributed by atoms with Gasteiger partial charge in [0.25, 0.3) is 0 Å². The summed E-state index contributed by atoms with van der Waals surface area (Å²) in [6.45, 7) is 5.19. The second kappa shape index (κ2) is 4.65. The van der Waals surface area contributed by atoms with E-state index in [4.69, 9.17) is 0 Å². The molecular formula is C12H16N4O2S. The summed E-state index contributed by atoms with van der Waals surface area (Å²) >= 11 is 1.38. The third kappa shape index (κ3) is 2.60. The van der Waals surface area contributed by atoms with Gasteiger partial charge < -0.3 is 10.4 Å². The summed E-state index contributed by atoms with van der Waals surface area (Å²) in [5, 5.41) is 19.0. The van der Waals surface area contributed by atoms with Gasteiger partial charge in [-0.1, -0.05) is 0 Å². The van der Waals surface area contributed by atoms with Crippen molar-refractivity contribution in [3.05, 3.63) is 23.0 Å². The van der Waals surface area contributed by atoms with E-state index in [2.05, 4.69) is 15.4 Å². The van der Waals surface area contributed by atoms with Gasteiger partial charge in [-0.2, -0.15) is 5.10 Å². The lowest BCUT2D eigenvalue weighted by Gasteiger charge is -2.15. The summed E-state index contributed by atoms with van der Waals surface area (Å²) in [6.07, 6.45) is 1.86. The quantitative estimate of drug-likeness (QED) is 0.898. The fraction of sp³-hybridized carbons (Fsp3) is 0.417. The fourth-order valence-electron chi connectivity index (χ4n) is 1.57. The molecule has 0 aromatic carbocycles. The topological polar surface area (TPSA) is 80.0 Å². The maximum Gasteiger partial charge on any atom is 0.315 e. The van der Waals surface area contributed by atoms with Crippen LogP contribution < -0.4 is 5.32 Å². The Kier molecular flexibility index (Phi) is 3.32. The molecule has 0 spiro atoms. The van der Waals surface area contributed by atoms with E-state index >= 15 is 0 Å². The molecule has 0 unspecified atom stereocenters. The van der Waals surface area contributed by atoms with Gasteiger partial charge in [-0.05, 0) is 20.8 Å². The molecule has 0 fully saturated rings. The van der Waals surface area contributed by atoms with E-state index in [0.717, 1.165) is 11.4 Å². The van der Waals surface area contributed by atoms with Crippen molar-refractivity contribution in [1.29, 1.82) is 0 Å². The molecule has 0 aliphatic rings. The van der Waals surface area contributed by atoms with Gasteiger partial charge in [0, 0.05) is 18.6 Å². The van der Waals surface area contributed by atoms with E-state index in [0.29, 0.717) is 10.8 Å². The van der Waals surface area contributed by atoms with E-state index in [1.165, 1.54) is 11.3 Å². The van der Waals surface area contributed by atoms with Gasteiger partial charge in [-0.3, -0.25) is 9.48 Å². The Morgan fingerprint density at radius 3 is 2.74 bits per heavy atom. The maximum absolute atomic E-state index is 11.2. The molecule has 2 N–H and O–H groups in total. The number of aliphatic carboxylic acids is 1. The first-order valence-electron chi connectivity index (χ1n) is 5.77. The number of anilines is 2. The number of hydrogen-bond acceptors (Lipinski definition) is 5. The normalized spacial score (nSPS) is 11.6. The van der Waals surface area contributed by atoms with Gasteiger partial charge in [-0.25, -0.2) is 4.98 Å². The Hall–Kier alpha value is -1.89. The summed E-state index contributed by atoms with van der Waals surface area (Å²) in [4.78, 5) is 15.5. The summed E-state index contributed by atoms with van der Waals surface area (Å²) in [5.41, 5.74) is 1.31. The van der Waals surface area contributed by atoms with Crippen LogP contribution in [0, 0.1) is 6.92 Å². The largest absolute Gasteiger partial charge is 0.481 e. The Morgan fingerprint density at radius 2 is 2.21 bits per heavy atom. The van der Waals surface area contributed by atoms with E-state index in [-0.39, 0.29) is 0 Å². The van der Waals surface area contributed by atoms with Crippen LogP contribution in [-0.2, 0) is 17.3 Å². The minimum absolute atomic E-state index is 0.550. The van der Waals surface area contributed by atoms with Crippen molar-refractivity contribution in [3.63, 3.8) is 0 Å². The highest BCUT2D eigenvalue weighted by molar-refractivity contribution is 7.13. The first-order valence-corrected chi connectivity index (χ1v) is 6.65. The predicted molar refractivity (Wildman–Crippen MR) is 74.0 cm³/mol. The Labute approximate surface area is 115 Å². The second-order valence-electron chi connectivity index (χ2n) is 4.89. The van der Waals surface area contributed by atoms with Gasteiger partial charge in [-0.15, -0.1) is 11.3 Å². The number of nitrogens with zero attached hydrogens (tertiary/aromatic N) is 3. The molecule has 19 heavy (non-hydrogen) atoms. The highest BCUT2D eigenvalue weighted by atomic mass is 32.1. The van der Waals surface area contributed by atoms with Gasteiger partial charge in [0.1, 0.15) is 5.41 Å². The summed E-state index contributed by atoms with van der Waals surface area (Å²) in [7, 11) is 1.85. The SMILES string of the molecule is Cc1nn(C)cc1Nc1nc(C(C)(C)C(=O)O)cs1. The molecule has 0 saturated carbocycles. The van der Waals surface area contributed by atoms with Crippen molar-refractivity contribution >= 4 is 28.1 Å². The third-order valence-corrected chi connectivity index (χ3v) is 3.69. The monoisotopic (exact) mass is 280 g/mol. The van der Waals surface area contributed by atoms with Crippen LogP contribution in [0.15, 0.2) is 11.6 Å². The van der Waals surface area contributed by atoms with Crippen molar-refractivity contribution in [2.75, 3.05) is 5.32 Å². The van der Waals surface area contributed by atoms with Crippen LogP contribution in [0.1, 0.15) is 25.2 Å². The van der Waals surface area contributed by atoms with Crippen LogP contribution in [0.25, 0.3) is 0 Å². The molecular weight excluding hydrogens is 264 g/mol. The maximum atomic E-state index is 11.2. The molecule has 102 valence electrons. The first kappa shape index (κ1) is 13.5. The summed E-state index contributed by atoms with van der Waals surface area (Å²) in [6, 6.07) is 0. The van der Waals surface area contributed by atoms with E-state index in [1.54, 1.807) is 23.9 Å². The van der Waals surface area contributed by atoms with Crippen molar-refractivity contribution in [3.8, 4) is 0 Å². The van der Waals surface area contributed by atoms with Crippen LogP contribution in [-0.4, -0.2) is 25.8 Å². The van der Waals surface area contributed by atoms with Crippen LogP contribution in [0.3, 0.4) is 0 Å². The van der Waals surface area contributed by atoms with E-state index in [1.807, 2.05) is 20.2 Å². The third-order valence-electron chi connectivity index (χ3n) is 2.93. The number of aryl methyl sites for hydroxylation is 2. The van der Waals surface area contributed by atoms with E-state index < -0.39 is 11.4 Å². The molecule has 2 aromatic heterocycles. The molecule has 0 aliphatic heterocycles. The molecule has 2 aromatic rings.